The van der Waals surface area contributed by atoms with Gasteiger partial charge in [0.2, 0.25) is 0 Å². The van der Waals surface area contributed by atoms with E-state index in [2.05, 4.69) is 5.43 Å². The molecule has 0 saturated carbocycles. The van der Waals surface area contributed by atoms with E-state index < -0.39 is 23.6 Å². The lowest BCUT2D eigenvalue weighted by atomic mass is 9.98. The maximum Gasteiger partial charge on any atom is 0.416 e. The van der Waals surface area contributed by atoms with Crippen LogP contribution in [0, 0.1) is 5.82 Å². The Morgan fingerprint density at radius 3 is 2.05 bits per heavy atom. The first-order valence-corrected chi connectivity index (χ1v) is 6.29. The van der Waals surface area contributed by atoms with Gasteiger partial charge in [-0.15, -0.1) is 0 Å². The summed E-state index contributed by atoms with van der Waals surface area (Å²) in [5.74, 6) is 4.86. The molecule has 0 aliphatic rings. The van der Waals surface area contributed by atoms with E-state index in [1.807, 2.05) is 0 Å². The predicted molar refractivity (Wildman–Crippen MR) is 72.0 cm³/mol. The maximum absolute atomic E-state index is 13.1. The molecule has 7 heteroatoms. The minimum Gasteiger partial charge on any atom is -0.271 e. The Balaban J connectivity index is 2.35. The van der Waals surface area contributed by atoms with Crippen LogP contribution in [0.2, 0.25) is 5.02 Å². The number of benzene rings is 2. The second kappa shape index (κ2) is 6.01. The number of alkyl halides is 3. The molecule has 3 N–H and O–H groups in total. The van der Waals surface area contributed by atoms with E-state index in [9.17, 15) is 17.6 Å². The van der Waals surface area contributed by atoms with Crippen LogP contribution < -0.4 is 11.3 Å². The monoisotopic (exact) mass is 318 g/mol. The van der Waals surface area contributed by atoms with Crippen molar-refractivity contribution in [2.75, 3.05) is 0 Å². The van der Waals surface area contributed by atoms with E-state index in [0.717, 1.165) is 12.1 Å². The molecule has 21 heavy (non-hydrogen) atoms. The van der Waals surface area contributed by atoms with Gasteiger partial charge in [0.15, 0.2) is 0 Å². The highest BCUT2D eigenvalue weighted by Crippen LogP contribution is 2.31. The van der Waals surface area contributed by atoms with Crippen molar-refractivity contribution in [1.82, 2.24) is 5.43 Å². The Morgan fingerprint density at radius 2 is 1.57 bits per heavy atom. The molecule has 0 amide bonds. The third-order valence-corrected chi connectivity index (χ3v) is 3.30. The standard InChI is InChI=1S/C14H11ClF4N2/c15-11-7-9(3-6-12(11)16)13(21-20)8-1-4-10(5-2-8)14(17,18)19/h1-7,13,21H,20H2. The average Bonchev–Trinajstić information content (AvgIpc) is 2.43. The SMILES string of the molecule is NNC(c1ccc(C(F)(F)F)cc1)c1ccc(F)c(Cl)c1. The van der Waals surface area contributed by atoms with Crippen molar-refractivity contribution in [3.8, 4) is 0 Å². The number of rotatable bonds is 3. The molecule has 0 fully saturated rings. The van der Waals surface area contributed by atoms with Gasteiger partial charge in [-0.05, 0) is 35.4 Å². The molecule has 2 aromatic carbocycles. The van der Waals surface area contributed by atoms with Gasteiger partial charge in [-0.2, -0.15) is 13.2 Å². The number of hydrogen-bond donors (Lipinski definition) is 2. The zero-order valence-corrected chi connectivity index (χ0v) is 11.3. The molecule has 1 atom stereocenters. The van der Waals surface area contributed by atoms with Crippen LogP contribution in [0.4, 0.5) is 17.6 Å². The molecule has 2 nitrogen and oxygen atoms in total. The first kappa shape index (κ1) is 15.8. The smallest absolute Gasteiger partial charge is 0.271 e. The van der Waals surface area contributed by atoms with Crippen LogP contribution in [0.5, 0.6) is 0 Å². The quantitative estimate of drug-likeness (QED) is 0.509. The van der Waals surface area contributed by atoms with Crippen LogP contribution in [0.3, 0.4) is 0 Å². The third-order valence-electron chi connectivity index (χ3n) is 3.02. The van der Waals surface area contributed by atoms with Gasteiger partial charge >= 0.3 is 6.18 Å². The van der Waals surface area contributed by atoms with Gasteiger partial charge in [-0.3, -0.25) is 5.84 Å². The molecule has 0 spiro atoms. The fourth-order valence-electron chi connectivity index (χ4n) is 1.94. The van der Waals surface area contributed by atoms with Crippen LogP contribution in [-0.2, 0) is 6.18 Å². The molecular weight excluding hydrogens is 308 g/mol. The van der Waals surface area contributed by atoms with E-state index in [1.54, 1.807) is 0 Å². The number of hydrazine groups is 1. The number of halogens is 5. The minimum absolute atomic E-state index is 0.0836. The van der Waals surface area contributed by atoms with Crippen molar-refractivity contribution >= 4 is 11.6 Å². The number of nitrogens with one attached hydrogen (secondary N) is 1. The number of hydrogen-bond acceptors (Lipinski definition) is 2. The van der Waals surface area contributed by atoms with Gasteiger partial charge in [-0.1, -0.05) is 29.8 Å². The van der Waals surface area contributed by atoms with E-state index >= 15 is 0 Å². The van der Waals surface area contributed by atoms with Crippen molar-refractivity contribution in [2.45, 2.75) is 12.2 Å². The van der Waals surface area contributed by atoms with Gasteiger partial charge in [0.1, 0.15) is 5.82 Å². The molecule has 2 aromatic rings. The second-order valence-electron chi connectivity index (χ2n) is 4.39. The van der Waals surface area contributed by atoms with Gasteiger partial charge in [0.25, 0.3) is 0 Å². The summed E-state index contributed by atoms with van der Waals surface area (Å²) < 4.78 is 50.7. The lowest BCUT2D eigenvalue weighted by Gasteiger charge is -2.18. The Bertz CT molecular complexity index is 626. The molecule has 0 aliphatic carbocycles. The highest BCUT2D eigenvalue weighted by atomic mass is 35.5. The molecule has 1 unspecified atom stereocenters. The maximum atomic E-state index is 13.1. The van der Waals surface area contributed by atoms with Crippen LogP contribution in [0.25, 0.3) is 0 Å². The Labute approximate surface area is 123 Å². The summed E-state index contributed by atoms with van der Waals surface area (Å²) in [6.07, 6.45) is -4.40. The van der Waals surface area contributed by atoms with E-state index in [-0.39, 0.29) is 5.02 Å². The molecular formula is C14H11ClF4N2. The number of nitrogens with two attached hydrogens (primary N) is 1. The van der Waals surface area contributed by atoms with Crippen molar-refractivity contribution in [1.29, 1.82) is 0 Å². The summed E-state index contributed by atoms with van der Waals surface area (Å²) in [6.45, 7) is 0. The lowest BCUT2D eigenvalue weighted by Crippen LogP contribution is -2.28. The van der Waals surface area contributed by atoms with Crippen LogP contribution in [-0.4, -0.2) is 0 Å². The van der Waals surface area contributed by atoms with E-state index in [1.165, 1.54) is 30.3 Å². The zero-order valence-electron chi connectivity index (χ0n) is 10.6. The molecule has 0 aromatic heterocycles. The van der Waals surface area contributed by atoms with E-state index in [4.69, 9.17) is 17.4 Å². The normalized spacial score (nSPS) is 13.2. The van der Waals surface area contributed by atoms with Crippen molar-refractivity contribution in [2.24, 2.45) is 5.84 Å². The molecule has 2 rings (SSSR count). The average molecular weight is 319 g/mol. The zero-order chi connectivity index (χ0) is 15.6. The summed E-state index contributed by atoms with van der Waals surface area (Å²) in [5.41, 5.74) is 2.78. The molecule has 112 valence electrons. The topological polar surface area (TPSA) is 38.0 Å². The highest BCUT2D eigenvalue weighted by molar-refractivity contribution is 6.30. The lowest BCUT2D eigenvalue weighted by molar-refractivity contribution is -0.137. The molecule has 0 saturated heterocycles. The molecule has 0 aliphatic heterocycles. The summed E-state index contributed by atoms with van der Waals surface area (Å²) in [5, 5.41) is -0.0836. The Morgan fingerprint density at radius 1 is 1.00 bits per heavy atom. The van der Waals surface area contributed by atoms with Gasteiger partial charge in [0.05, 0.1) is 16.6 Å². The first-order valence-electron chi connectivity index (χ1n) is 5.91. The van der Waals surface area contributed by atoms with Gasteiger partial charge in [-0.25, -0.2) is 9.82 Å². The fraction of sp³-hybridized carbons (Fsp3) is 0.143. The minimum atomic E-state index is -4.40. The second-order valence-corrected chi connectivity index (χ2v) is 4.80. The largest absolute Gasteiger partial charge is 0.416 e. The van der Waals surface area contributed by atoms with Crippen molar-refractivity contribution in [3.63, 3.8) is 0 Å². The van der Waals surface area contributed by atoms with Gasteiger partial charge in [0, 0.05) is 0 Å². The molecule has 0 radical (unpaired) electrons. The predicted octanol–water partition coefficient (Wildman–Crippen LogP) is 4.05. The Hall–Kier alpha value is -1.63. The summed E-state index contributed by atoms with van der Waals surface area (Å²) in [7, 11) is 0. The van der Waals surface area contributed by atoms with Crippen LogP contribution in [0.1, 0.15) is 22.7 Å². The summed E-state index contributed by atoms with van der Waals surface area (Å²) >= 11 is 5.70. The van der Waals surface area contributed by atoms with Crippen LogP contribution >= 0.6 is 11.6 Å². The first-order chi connectivity index (χ1) is 9.82. The highest BCUT2D eigenvalue weighted by Gasteiger charge is 2.30. The van der Waals surface area contributed by atoms with Gasteiger partial charge < -0.3 is 0 Å². The van der Waals surface area contributed by atoms with Crippen molar-refractivity contribution < 1.29 is 17.6 Å². The third kappa shape index (κ3) is 3.53. The molecule has 0 heterocycles. The van der Waals surface area contributed by atoms with Crippen molar-refractivity contribution in [3.05, 3.63) is 70.0 Å². The summed E-state index contributed by atoms with van der Waals surface area (Å²) in [6, 6.07) is 7.96. The summed E-state index contributed by atoms with van der Waals surface area (Å²) in [4.78, 5) is 0. The Kier molecular flexibility index (Phi) is 4.51. The fourth-order valence-corrected chi connectivity index (χ4v) is 2.13. The van der Waals surface area contributed by atoms with Crippen LogP contribution in [0.15, 0.2) is 42.5 Å². The van der Waals surface area contributed by atoms with E-state index in [0.29, 0.717) is 11.1 Å². The molecule has 0 bridgehead atoms.